The van der Waals surface area contributed by atoms with E-state index in [9.17, 15) is 4.79 Å². The van der Waals surface area contributed by atoms with E-state index in [1.165, 1.54) is 0 Å². The molecule has 33 heavy (non-hydrogen) atoms. The molecule has 0 aliphatic rings. The topological polar surface area (TPSA) is 83.2 Å². The monoisotopic (exact) mass is 447 g/mol. The molecule has 4 rings (SSSR count). The molecule has 8 nitrogen and oxygen atoms in total. The van der Waals surface area contributed by atoms with Crippen molar-refractivity contribution < 1.29 is 14.3 Å². The standard InChI is InChI=1S/C25H29N5O3/c1-15-11-16(2)27-24-23(15)25(30-17(3)7-8-18(30)4)28-29(24)14-22(31)26-13-19-9-10-20(32-5)21(12-19)33-6/h7-12H,13-14H2,1-6H3,(H,26,31). The van der Waals surface area contributed by atoms with Crippen molar-refractivity contribution in [3.05, 3.63) is 64.6 Å². The van der Waals surface area contributed by atoms with Crippen molar-refractivity contribution >= 4 is 16.9 Å². The Morgan fingerprint density at radius 3 is 2.33 bits per heavy atom. The van der Waals surface area contributed by atoms with Crippen LogP contribution in [0.5, 0.6) is 11.5 Å². The molecule has 3 heterocycles. The fraction of sp³-hybridized carbons (Fsp3) is 0.320. The van der Waals surface area contributed by atoms with Gasteiger partial charge in [0.1, 0.15) is 6.54 Å². The smallest absolute Gasteiger partial charge is 0.242 e. The van der Waals surface area contributed by atoms with E-state index in [2.05, 4.69) is 28.9 Å². The lowest BCUT2D eigenvalue weighted by atomic mass is 10.1. The number of hydrogen-bond acceptors (Lipinski definition) is 5. The third kappa shape index (κ3) is 4.28. The first kappa shape index (κ1) is 22.4. The number of fused-ring (bicyclic) bond motifs is 1. The molecular weight excluding hydrogens is 418 g/mol. The predicted octanol–water partition coefficient (Wildman–Crippen LogP) is 3.79. The molecule has 3 aromatic heterocycles. The van der Waals surface area contributed by atoms with Crippen molar-refractivity contribution in [1.82, 2.24) is 24.6 Å². The molecule has 172 valence electrons. The highest BCUT2D eigenvalue weighted by Gasteiger charge is 2.20. The van der Waals surface area contributed by atoms with E-state index in [4.69, 9.17) is 19.6 Å². The van der Waals surface area contributed by atoms with Gasteiger partial charge in [0.2, 0.25) is 5.91 Å². The fourth-order valence-electron chi connectivity index (χ4n) is 4.14. The van der Waals surface area contributed by atoms with Crippen LogP contribution in [0.15, 0.2) is 36.4 Å². The van der Waals surface area contributed by atoms with Gasteiger partial charge in [-0.25, -0.2) is 9.67 Å². The zero-order chi connectivity index (χ0) is 23.7. The summed E-state index contributed by atoms with van der Waals surface area (Å²) in [4.78, 5) is 17.6. The molecule has 1 aromatic carbocycles. The van der Waals surface area contributed by atoms with Crippen LogP contribution in [-0.4, -0.2) is 39.5 Å². The number of amides is 1. The van der Waals surface area contributed by atoms with Gasteiger partial charge in [0, 0.05) is 23.6 Å². The first-order chi connectivity index (χ1) is 15.8. The van der Waals surface area contributed by atoms with E-state index in [1.54, 1.807) is 18.9 Å². The van der Waals surface area contributed by atoms with E-state index in [-0.39, 0.29) is 12.5 Å². The van der Waals surface area contributed by atoms with Crippen LogP contribution >= 0.6 is 0 Å². The molecule has 4 aromatic rings. The van der Waals surface area contributed by atoms with Crippen molar-refractivity contribution in [2.24, 2.45) is 0 Å². The summed E-state index contributed by atoms with van der Waals surface area (Å²) in [5, 5.41) is 8.74. The largest absolute Gasteiger partial charge is 0.493 e. The zero-order valence-corrected chi connectivity index (χ0v) is 19.9. The number of aromatic nitrogens is 4. The van der Waals surface area contributed by atoms with Gasteiger partial charge in [-0.05, 0) is 69.2 Å². The number of carbonyl (C=O) groups is 1. The van der Waals surface area contributed by atoms with Crippen molar-refractivity contribution in [1.29, 1.82) is 0 Å². The number of rotatable bonds is 7. The molecule has 8 heteroatoms. The third-order valence-corrected chi connectivity index (χ3v) is 5.72. The van der Waals surface area contributed by atoms with Crippen molar-refractivity contribution in [2.75, 3.05) is 14.2 Å². The summed E-state index contributed by atoms with van der Waals surface area (Å²) < 4.78 is 14.4. The SMILES string of the molecule is COc1ccc(CNC(=O)Cn2nc(-n3c(C)ccc3C)c3c(C)cc(C)nc32)cc1OC. The van der Waals surface area contributed by atoms with Gasteiger partial charge in [-0.3, -0.25) is 4.79 Å². The predicted molar refractivity (Wildman–Crippen MR) is 127 cm³/mol. The van der Waals surface area contributed by atoms with Crippen LogP contribution in [0, 0.1) is 27.7 Å². The van der Waals surface area contributed by atoms with Gasteiger partial charge >= 0.3 is 0 Å². The summed E-state index contributed by atoms with van der Waals surface area (Å²) in [6.07, 6.45) is 0. The molecule has 0 saturated heterocycles. The summed E-state index contributed by atoms with van der Waals surface area (Å²) in [5.41, 5.74) is 5.75. The van der Waals surface area contributed by atoms with Gasteiger partial charge < -0.3 is 19.4 Å². The molecule has 0 aliphatic heterocycles. The van der Waals surface area contributed by atoms with Gasteiger partial charge in [0.25, 0.3) is 0 Å². The summed E-state index contributed by atoms with van der Waals surface area (Å²) in [6.45, 7) is 8.53. The van der Waals surface area contributed by atoms with Crippen LogP contribution in [0.1, 0.15) is 28.2 Å². The van der Waals surface area contributed by atoms with Crippen LogP contribution in [0.2, 0.25) is 0 Å². The number of benzene rings is 1. The Morgan fingerprint density at radius 1 is 0.970 bits per heavy atom. The number of nitrogens with zero attached hydrogens (tertiary/aromatic N) is 4. The summed E-state index contributed by atoms with van der Waals surface area (Å²) in [5.74, 6) is 1.92. The Balaban J connectivity index is 1.62. The van der Waals surface area contributed by atoms with Crippen LogP contribution in [0.25, 0.3) is 16.9 Å². The van der Waals surface area contributed by atoms with E-state index in [0.29, 0.717) is 23.7 Å². The van der Waals surface area contributed by atoms with Crippen LogP contribution < -0.4 is 14.8 Å². The Morgan fingerprint density at radius 2 is 1.67 bits per heavy atom. The Kier molecular flexibility index (Phi) is 6.09. The average Bonchev–Trinajstić information content (AvgIpc) is 3.30. The number of carbonyl (C=O) groups excluding carboxylic acids is 1. The minimum atomic E-state index is -0.150. The van der Waals surface area contributed by atoms with Gasteiger partial charge in [0.05, 0.1) is 19.6 Å². The summed E-state index contributed by atoms with van der Waals surface area (Å²) >= 11 is 0. The van der Waals surface area contributed by atoms with Crippen molar-refractivity contribution in [2.45, 2.75) is 40.8 Å². The number of methoxy groups -OCH3 is 2. The van der Waals surface area contributed by atoms with Gasteiger partial charge in [0.15, 0.2) is 23.0 Å². The van der Waals surface area contributed by atoms with Crippen LogP contribution in [-0.2, 0) is 17.9 Å². The third-order valence-electron chi connectivity index (χ3n) is 5.72. The first-order valence-electron chi connectivity index (χ1n) is 10.8. The Hall–Kier alpha value is -3.81. The molecule has 0 unspecified atom stereocenters. The molecule has 1 amide bonds. The average molecular weight is 448 g/mol. The second-order valence-corrected chi connectivity index (χ2v) is 8.18. The number of hydrogen-bond donors (Lipinski definition) is 1. The first-order valence-corrected chi connectivity index (χ1v) is 10.8. The van der Waals surface area contributed by atoms with Crippen LogP contribution in [0.4, 0.5) is 0 Å². The summed E-state index contributed by atoms with van der Waals surface area (Å²) in [7, 11) is 3.18. The molecule has 0 aliphatic carbocycles. The molecule has 1 N–H and O–H groups in total. The van der Waals surface area contributed by atoms with Crippen molar-refractivity contribution in [3.63, 3.8) is 0 Å². The number of aryl methyl sites for hydroxylation is 4. The maximum Gasteiger partial charge on any atom is 0.242 e. The number of nitrogens with one attached hydrogen (secondary N) is 1. The van der Waals surface area contributed by atoms with E-state index < -0.39 is 0 Å². The normalized spacial score (nSPS) is 11.1. The van der Waals surface area contributed by atoms with E-state index in [1.807, 2.05) is 45.0 Å². The van der Waals surface area contributed by atoms with Gasteiger partial charge in [-0.2, -0.15) is 5.10 Å². The summed E-state index contributed by atoms with van der Waals surface area (Å²) in [6, 6.07) is 11.7. The Labute approximate surface area is 193 Å². The second-order valence-electron chi connectivity index (χ2n) is 8.18. The van der Waals surface area contributed by atoms with Crippen LogP contribution in [0.3, 0.4) is 0 Å². The lowest BCUT2D eigenvalue weighted by molar-refractivity contribution is -0.121. The van der Waals surface area contributed by atoms with E-state index in [0.717, 1.165) is 39.4 Å². The minimum Gasteiger partial charge on any atom is -0.493 e. The molecular formula is C25H29N5O3. The highest BCUT2D eigenvalue weighted by atomic mass is 16.5. The molecule has 0 atom stereocenters. The Bertz CT molecular complexity index is 1320. The maximum absolute atomic E-state index is 12.8. The quantitative estimate of drug-likeness (QED) is 0.466. The number of pyridine rings is 1. The fourth-order valence-corrected chi connectivity index (χ4v) is 4.14. The molecule has 0 spiro atoms. The highest BCUT2D eigenvalue weighted by Crippen LogP contribution is 2.28. The lowest BCUT2D eigenvalue weighted by Gasteiger charge is -2.10. The molecule has 0 saturated carbocycles. The molecule has 0 radical (unpaired) electrons. The van der Waals surface area contributed by atoms with E-state index >= 15 is 0 Å². The maximum atomic E-state index is 12.8. The molecule has 0 fully saturated rings. The van der Waals surface area contributed by atoms with Gasteiger partial charge in [-0.15, -0.1) is 0 Å². The number of ether oxygens (including phenoxy) is 2. The van der Waals surface area contributed by atoms with Gasteiger partial charge in [-0.1, -0.05) is 6.07 Å². The minimum absolute atomic E-state index is 0.0685. The highest BCUT2D eigenvalue weighted by molar-refractivity contribution is 5.88. The van der Waals surface area contributed by atoms with Crippen molar-refractivity contribution in [3.8, 4) is 17.3 Å². The lowest BCUT2D eigenvalue weighted by Crippen LogP contribution is -2.27. The zero-order valence-electron chi connectivity index (χ0n) is 19.9. The second kappa shape index (κ2) is 8.97. The molecule has 0 bridgehead atoms.